The van der Waals surface area contributed by atoms with E-state index in [1.165, 1.54) is 13.1 Å². The SMILES string of the molecule is CCC(C(=O)O)N(C)C(=O)c1ccc([N+](=O)[O-])cc1Cl. The Morgan fingerprint density at radius 1 is 1.50 bits per heavy atom. The highest BCUT2D eigenvalue weighted by Crippen LogP contribution is 2.24. The van der Waals surface area contributed by atoms with Gasteiger partial charge >= 0.3 is 5.97 Å². The van der Waals surface area contributed by atoms with Crippen LogP contribution in [-0.2, 0) is 4.79 Å². The summed E-state index contributed by atoms with van der Waals surface area (Å²) in [6.45, 7) is 1.64. The van der Waals surface area contributed by atoms with Crippen LogP contribution < -0.4 is 0 Å². The largest absolute Gasteiger partial charge is 0.480 e. The molecule has 0 spiro atoms. The highest BCUT2D eigenvalue weighted by atomic mass is 35.5. The number of amides is 1. The first-order valence-corrected chi connectivity index (χ1v) is 6.11. The molecule has 1 aromatic carbocycles. The summed E-state index contributed by atoms with van der Waals surface area (Å²) in [5, 5.41) is 19.5. The maximum Gasteiger partial charge on any atom is 0.326 e. The maximum absolute atomic E-state index is 12.2. The van der Waals surface area contributed by atoms with Crippen LogP contribution in [0.15, 0.2) is 18.2 Å². The molecule has 1 amide bonds. The number of nitro groups is 1. The number of non-ortho nitro benzene ring substituents is 1. The highest BCUT2D eigenvalue weighted by molar-refractivity contribution is 6.34. The van der Waals surface area contributed by atoms with E-state index in [1.54, 1.807) is 6.92 Å². The van der Waals surface area contributed by atoms with Gasteiger partial charge in [0.25, 0.3) is 11.6 Å². The lowest BCUT2D eigenvalue weighted by Gasteiger charge is -2.24. The van der Waals surface area contributed by atoms with Crippen molar-refractivity contribution in [2.24, 2.45) is 0 Å². The van der Waals surface area contributed by atoms with Crippen molar-refractivity contribution in [2.75, 3.05) is 7.05 Å². The van der Waals surface area contributed by atoms with E-state index in [0.29, 0.717) is 0 Å². The number of halogens is 1. The highest BCUT2D eigenvalue weighted by Gasteiger charge is 2.27. The molecule has 0 saturated carbocycles. The van der Waals surface area contributed by atoms with Crippen molar-refractivity contribution in [3.8, 4) is 0 Å². The summed E-state index contributed by atoms with van der Waals surface area (Å²) in [4.78, 5) is 34.2. The first-order valence-electron chi connectivity index (χ1n) is 5.73. The average molecular weight is 301 g/mol. The first kappa shape index (κ1) is 15.9. The van der Waals surface area contributed by atoms with Gasteiger partial charge in [-0.3, -0.25) is 14.9 Å². The van der Waals surface area contributed by atoms with Crippen molar-refractivity contribution >= 4 is 29.2 Å². The molecule has 0 aliphatic carbocycles. The molecule has 1 atom stereocenters. The van der Waals surface area contributed by atoms with Gasteiger partial charge in [0.2, 0.25) is 0 Å². The Morgan fingerprint density at radius 3 is 2.50 bits per heavy atom. The lowest BCUT2D eigenvalue weighted by molar-refractivity contribution is -0.384. The van der Waals surface area contributed by atoms with Crippen LogP contribution in [0.2, 0.25) is 5.02 Å². The van der Waals surface area contributed by atoms with Gasteiger partial charge < -0.3 is 10.0 Å². The number of carbonyl (C=O) groups is 2. The zero-order valence-corrected chi connectivity index (χ0v) is 11.6. The van der Waals surface area contributed by atoms with Crippen LogP contribution in [0.1, 0.15) is 23.7 Å². The molecule has 1 unspecified atom stereocenters. The number of rotatable bonds is 5. The maximum atomic E-state index is 12.2. The second-order valence-electron chi connectivity index (χ2n) is 4.10. The van der Waals surface area contributed by atoms with Gasteiger partial charge in [0.15, 0.2) is 0 Å². The number of nitro benzene ring substituents is 1. The van der Waals surface area contributed by atoms with Gasteiger partial charge in [-0.1, -0.05) is 18.5 Å². The molecule has 20 heavy (non-hydrogen) atoms. The molecule has 0 aliphatic heterocycles. The fraction of sp³-hybridized carbons (Fsp3) is 0.333. The lowest BCUT2D eigenvalue weighted by Crippen LogP contribution is -2.42. The van der Waals surface area contributed by atoms with Gasteiger partial charge in [0.1, 0.15) is 6.04 Å². The monoisotopic (exact) mass is 300 g/mol. The number of benzene rings is 1. The Balaban J connectivity index is 3.09. The van der Waals surface area contributed by atoms with Crippen molar-refractivity contribution in [1.82, 2.24) is 4.90 Å². The molecule has 7 nitrogen and oxygen atoms in total. The first-order chi connectivity index (χ1) is 9.29. The van der Waals surface area contributed by atoms with E-state index in [-0.39, 0.29) is 22.7 Å². The average Bonchev–Trinajstić information content (AvgIpc) is 2.37. The summed E-state index contributed by atoms with van der Waals surface area (Å²) in [6, 6.07) is 2.45. The molecular weight excluding hydrogens is 288 g/mol. The Bertz CT molecular complexity index is 561. The molecule has 0 heterocycles. The third-order valence-corrected chi connectivity index (χ3v) is 3.17. The van der Waals surface area contributed by atoms with Crippen molar-refractivity contribution in [3.63, 3.8) is 0 Å². The molecule has 108 valence electrons. The van der Waals surface area contributed by atoms with Gasteiger partial charge in [0.05, 0.1) is 15.5 Å². The Kier molecular flexibility index (Phi) is 5.04. The van der Waals surface area contributed by atoms with Crippen LogP contribution in [-0.4, -0.2) is 39.9 Å². The Morgan fingerprint density at radius 2 is 2.10 bits per heavy atom. The molecule has 0 radical (unpaired) electrons. The number of likely N-dealkylation sites (N-methyl/N-ethyl adjacent to an activating group) is 1. The molecule has 0 fully saturated rings. The van der Waals surface area contributed by atoms with E-state index in [1.807, 2.05) is 0 Å². The molecule has 0 aromatic heterocycles. The third kappa shape index (κ3) is 3.24. The summed E-state index contributed by atoms with van der Waals surface area (Å²) in [6.07, 6.45) is 0.238. The quantitative estimate of drug-likeness (QED) is 0.663. The van der Waals surface area contributed by atoms with Crippen molar-refractivity contribution in [2.45, 2.75) is 19.4 Å². The molecule has 1 aromatic rings. The van der Waals surface area contributed by atoms with Gasteiger partial charge in [-0.25, -0.2) is 4.79 Å². The topological polar surface area (TPSA) is 101 Å². The molecule has 1 rings (SSSR count). The zero-order chi connectivity index (χ0) is 15.4. The van der Waals surface area contributed by atoms with E-state index in [0.717, 1.165) is 17.0 Å². The number of carboxylic acids is 1. The number of hydrogen-bond acceptors (Lipinski definition) is 4. The van der Waals surface area contributed by atoms with Crippen molar-refractivity contribution in [1.29, 1.82) is 0 Å². The molecule has 0 aliphatic rings. The number of carbonyl (C=O) groups excluding carboxylic acids is 1. The minimum absolute atomic E-state index is 0.0273. The fourth-order valence-electron chi connectivity index (χ4n) is 1.74. The van der Waals surface area contributed by atoms with E-state index < -0.39 is 22.8 Å². The van der Waals surface area contributed by atoms with Crippen LogP contribution >= 0.6 is 11.6 Å². The van der Waals surface area contributed by atoms with Crippen LogP contribution in [0.25, 0.3) is 0 Å². The van der Waals surface area contributed by atoms with E-state index in [4.69, 9.17) is 16.7 Å². The van der Waals surface area contributed by atoms with Crippen LogP contribution in [0.5, 0.6) is 0 Å². The van der Waals surface area contributed by atoms with Crippen molar-refractivity contribution < 1.29 is 19.6 Å². The van der Waals surface area contributed by atoms with Crippen LogP contribution in [0.3, 0.4) is 0 Å². The standard InChI is InChI=1S/C12H13ClN2O5/c1-3-10(12(17)18)14(2)11(16)8-5-4-7(15(19)20)6-9(8)13/h4-6,10H,3H2,1-2H3,(H,17,18). The van der Waals surface area contributed by atoms with Gasteiger partial charge in [-0.15, -0.1) is 0 Å². The van der Waals surface area contributed by atoms with Crippen LogP contribution in [0, 0.1) is 10.1 Å². The molecular formula is C12H13ClN2O5. The molecule has 0 bridgehead atoms. The van der Waals surface area contributed by atoms with E-state index >= 15 is 0 Å². The number of nitrogens with zero attached hydrogens (tertiary/aromatic N) is 2. The second kappa shape index (κ2) is 6.33. The van der Waals surface area contributed by atoms with Gasteiger partial charge in [-0.2, -0.15) is 0 Å². The molecule has 0 saturated heterocycles. The summed E-state index contributed by atoms with van der Waals surface area (Å²) in [5.41, 5.74) is -0.209. The predicted molar refractivity (Wildman–Crippen MR) is 71.9 cm³/mol. The van der Waals surface area contributed by atoms with Crippen LogP contribution in [0.4, 0.5) is 5.69 Å². The fourth-order valence-corrected chi connectivity index (χ4v) is 1.99. The van der Waals surface area contributed by atoms with Gasteiger partial charge in [0, 0.05) is 19.2 Å². The smallest absolute Gasteiger partial charge is 0.326 e. The lowest BCUT2D eigenvalue weighted by atomic mass is 10.1. The Hall–Kier alpha value is -2.15. The van der Waals surface area contributed by atoms with E-state index in [9.17, 15) is 19.7 Å². The molecule has 1 N–H and O–H groups in total. The predicted octanol–water partition coefficient (Wildman–Crippen LogP) is 2.18. The summed E-state index contributed by atoms with van der Waals surface area (Å²) in [5.74, 6) is -1.72. The van der Waals surface area contributed by atoms with Crippen molar-refractivity contribution in [3.05, 3.63) is 38.9 Å². The zero-order valence-electron chi connectivity index (χ0n) is 10.9. The summed E-state index contributed by atoms with van der Waals surface area (Å²) >= 11 is 5.84. The summed E-state index contributed by atoms with van der Waals surface area (Å²) < 4.78 is 0. The molecule has 8 heteroatoms. The second-order valence-corrected chi connectivity index (χ2v) is 4.51. The van der Waals surface area contributed by atoms with E-state index in [2.05, 4.69) is 0 Å². The van der Waals surface area contributed by atoms with Gasteiger partial charge in [-0.05, 0) is 12.5 Å². The normalized spacial score (nSPS) is 11.8. The minimum Gasteiger partial charge on any atom is -0.480 e. The number of hydrogen-bond donors (Lipinski definition) is 1. The third-order valence-electron chi connectivity index (χ3n) is 2.85. The Labute approximate surface area is 119 Å². The minimum atomic E-state index is -1.12. The number of aliphatic carboxylic acids is 1. The summed E-state index contributed by atoms with van der Waals surface area (Å²) in [7, 11) is 1.35. The number of carboxylic acid groups (broad SMARTS) is 1.